The predicted octanol–water partition coefficient (Wildman–Crippen LogP) is 23.4. The van der Waals surface area contributed by atoms with Crippen molar-refractivity contribution in [2.24, 2.45) is 0 Å². The summed E-state index contributed by atoms with van der Waals surface area (Å²) in [5, 5.41) is 0. The normalized spacial score (nSPS) is 12.6. The van der Waals surface area contributed by atoms with Gasteiger partial charge in [0.1, 0.15) is 13.2 Å². The van der Waals surface area contributed by atoms with E-state index in [1.54, 1.807) is 0 Å². The molecular formula is C73H128O6. The van der Waals surface area contributed by atoms with Gasteiger partial charge in [0.2, 0.25) is 0 Å². The molecule has 0 aromatic carbocycles. The van der Waals surface area contributed by atoms with Crippen molar-refractivity contribution >= 4 is 17.9 Å². The van der Waals surface area contributed by atoms with Crippen LogP contribution in [0.1, 0.15) is 342 Å². The van der Waals surface area contributed by atoms with Crippen molar-refractivity contribution < 1.29 is 28.6 Å². The van der Waals surface area contributed by atoms with Crippen LogP contribution in [0.4, 0.5) is 0 Å². The highest BCUT2D eigenvalue weighted by Crippen LogP contribution is 2.17. The summed E-state index contributed by atoms with van der Waals surface area (Å²) in [5.41, 5.74) is 0. The summed E-state index contributed by atoms with van der Waals surface area (Å²) < 4.78 is 16.9. The molecule has 0 radical (unpaired) electrons. The molecule has 0 aliphatic carbocycles. The van der Waals surface area contributed by atoms with E-state index in [9.17, 15) is 14.4 Å². The fraction of sp³-hybridized carbons (Fsp3) is 0.767. The van der Waals surface area contributed by atoms with Crippen LogP contribution in [0.3, 0.4) is 0 Å². The van der Waals surface area contributed by atoms with Crippen molar-refractivity contribution in [2.45, 2.75) is 348 Å². The van der Waals surface area contributed by atoms with E-state index in [-0.39, 0.29) is 31.1 Å². The third-order valence-corrected chi connectivity index (χ3v) is 14.9. The van der Waals surface area contributed by atoms with Gasteiger partial charge in [0.15, 0.2) is 6.10 Å². The molecule has 0 N–H and O–H groups in total. The quantitative estimate of drug-likeness (QED) is 0.0261. The van der Waals surface area contributed by atoms with Crippen molar-refractivity contribution in [3.05, 3.63) is 85.1 Å². The largest absolute Gasteiger partial charge is 0.462 e. The molecule has 0 aliphatic rings. The van der Waals surface area contributed by atoms with Gasteiger partial charge in [0, 0.05) is 19.3 Å². The number of hydrogen-bond acceptors (Lipinski definition) is 6. The SMILES string of the molecule is CC/C=C\C/C=C\C/C=C\C/C=C\CCCCCCC(=O)OC(COC(=O)CCCCCCC/C=C\CCCCCCCC)COC(=O)CCCCCCCCCCCCCCCCCCC/C=C\C/C=C\CCCCCCC. The van der Waals surface area contributed by atoms with Crippen LogP contribution in [0.15, 0.2) is 85.1 Å². The number of hydrogen-bond donors (Lipinski definition) is 0. The lowest BCUT2D eigenvalue weighted by Gasteiger charge is -2.18. The summed E-state index contributed by atoms with van der Waals surface area (Å²) in [6, 6.07) is 0. The standard InChI is InChI=1S/C73H128O6/c1-4-7-10-13-16-19-22-25-28-30-31-32-33-34-35-36-37-38-39-40-41-43-45-48-51-54-57-60-63-66-72(75)78-69-70(68-77-71(74)65-62-59-56-53-50-47-44-27-24-21-18-15-12-9-6-3)79-73(76)67-64-61-58-55-52-49-46-42-29-26-23-20-17-14-11-8-5-2/h8,11,17,20,22,25-27,29-31,44,46,49,70H,4-7,9-10,12-16,18-19,21,23-24,28,32-43,45,47-48,50-69H2,1-3H3/b11-8-,20-17-,25-22-,29-26-,31-30-,44-27-,49-46-. The Bertz CT molecular complexity index is 1500. The summed E-state index contributed by atoms with van der Waals surface area (Å²) >= 11 is 0. The molecule has 0 aromatic heterocycles. The van der Waals surface area contributed by atoms with Gasteiger partial charge in [0.05, 0.1) is 0 Å². The number of allylic oxidation sites excluding steroid dienone is 14. The van der Waals surface area contributed by atoms with Gasteiger partial charge in [-0.3, -0.25) is 14.4 Å². The highest BCUT2D eigenvalue weighted by molar-refractivity contribution is 5.71. The van der Waals surface area contributed by atoms with Crippen molar-refractivity contribution in [3.63, 3.8) is 0 Å². The van der Waals surface area contributed by atoms with Gasteiger partial charge in [-0.1, -0.05) is 292 Å². The van der Waals surface area contributed by atoms with Gasteiger partial charge in [-0.05, 0) is 116 Å². The molecule has 0 amide bonds. The second kappa shape index (κ2) is 67.1. The zero-order valence-corrected chi connectivity index (χ0v) is 52.4. The molecule has 1 atom stereocenters. The average Bonchev–Trinajstić information content (AvgIpc) is 3.45. The van der Waals surface area contributed by atoms with Crippen LogP contribution in [0, 0.1) is 0 Å². The van der Waals surface area contributed by atoms with Gasteiger partial charge >= 0.3 is 17.9 Å². The Morgan fingerprint density at radius 1 is 0.266 bits per heavy atom. The molecule has 79 heavy (non-hydrogen) atoms. The highest BCUT2D eigenvalue weighted by Gasteiger charge is 2.19. The molecule has 456 valence electrons. The molecular weight excluding hydrogens is 973 g/mol. The van der Waals surface area contributed by atoms with E-state index in [1.807, 2.05) is 0 Å². The Labute approximate surface area is 490 Å². The molecule has 0 rings (SSSR count). The number of esters is 3. The second-order valence-corrected chi connectivity index (χ2v) is 22.7. The van der Waals surface area contributed by atoms with E-state index in [4.69, 9.17) is 14.2 Å². The minimum Gasteiger partial charge on any atom is -0.462 e. The summed E-state index contributed by atoms with van der Waals surface area (Å²) in [6.45, 7) is 6.52. The first-order valence-corrected chi connectivity index (χ1v) is 34.1. The molecule has 6 nitrogen and oxygen atoms in total. The Balaban J connectivity index is 4.27. The maximum absolute atomic E-state index is 12.9. The molecule has 6 heteroatoms. The second-order valence-electron chi connectivity index (χ2n) is 22.7. The first-order valence-electron chi connectivity index (χ1n) is 34.1. The van der Waals surface area contributed by atoms with E-state index in [1.165, 1.54) is 193 Å². The van der Waals surface area contributed by atoms with E-state index < -0.39 is 6.10 Å². The number of rotatable bonds is 62. The molecule has 0 saturated carbocycles. The van der Waals surface area contributed by atoms with Gasteiger partial charge in [-0.25, -0.2) is 0 Å². The highest BCUT2D eigenvalue weighted by atomic mass is 16.6. The zero-order valence-electron chi connectivity index (χ0n) is 52.4. The van der Waals surface area contributed by atoms with E-state index in [0.29, 0.717) is 19.3 Å². The fourth-order valence-corrected chi connectivity index (χ4v) is 9.76. The third-order valence-electron chi connectivity index (χ3n) is 14.9. The van der Waals surface area contributed by atoms with Crippen LogP contribution in [-0.4, -0.2) is 37.2 Å². The summed E-state index contributed by atoms with van der Waals surface area (Å²) in [4.78, 5) is 38.4. The zero-order chi connectivity index (χ0) is 57.1. The van der Waals surface area contributed by atoms with Crippen LogP contribution in [0.5, 0.6) is 0 Å². The lowest BCUT2D eigenvalue weighted by atomic mass is 10.0. The van der Waals surface area contributed by atoms with E-state index in [2.05, 4.69) is 106 Å². The lowest BCUT2D eigenvalue weighted by Crippen LogP contribution is -2.30. The summed E-state index contributed by atoms with van der Waals surface area (Å²) in [5.74, 6) is -0.905. The third kappa shape index (κ3) is 65.3. The monoisotopic (exact) mass is 1100 g/mol. The Morgan fingerprint density at radius 3 is 0.785 bits per heavy atom. The molecule has 0 aromatic rings. The van der Waals surface area contributed by atoms with Crippen molar-refractivity contribution in [2.75, 3.05) is 13.2 Å². The molecule has 0 spiro atoms. The number of unbranched alkanes of at least 4 members (excludes halogenated alkanes) is 37. The van der Waals surface area contributed by atoms with Crippen LogP contribution < -0.4 is 0 Å². The van der Waals surface area contributed by atoms with E-state index in [0.717, 1.165) is 109 Å². The molecule has 0 fully saturated rings. The van der Waals surface area contributed by atoms with Crippen LogP contribution in [0.25, 0.3) is 0 Å². The van der Waals surface area contributed by atoms with Crippen LogP contribution in [0.2, 0.25) is 0 Å². The van der Waals surface area contributed by atoms with Gasteiger partial charge < -0.3 is 14.2 Å². The van der Waals surface area contributed by atoms with Crippen LogP contribution >= 0.6 is 0 Å². The number of carbonyl (C=O) groups excluding carboxylic acids is 3. The first kappa shape index (κ1) is 75.6. The molecule has 0 saturated heterocycles. The minimum atomic E-state index is -0.794. The van der Waals surface area contributed by atoms with Crippen molar-refractivity contribution in [1.29, 1.82) is 0 Å². The minimum absolute atomic E-state index is 0.0869. The molecule has 0 bridgehead atoms. The van der Waals surface area contributed by atoms with Crippen molar-refractivity contribution in [3.8, 4) is 0 Å². The summed E-state index contributed by atoms with van der Waals surface area (Å²) in [6.07, 6.45) is 88.9. The number of ether oxygens (including phenoxy) is 3. The Morgan fingerprint density at radius 2 is 0.494 bits per heavy atom. The maximum Gasteiger partial charge on any atom is 0.306 e. The molecule has 1 unspecified atom stereocenters. The Kier molecular flexibility index (Phi) is 64.2. The van der Waals surface area contributed by atoms with Gasteiger partial charge in [0.25, 0.3) is 0 Å². The average molecular weight is 1100 g/mol. The van der Waals surface area contributed by atoms with Gasteiger partial charge in [-0.15, -0.1) is 0 Å². The summed E-state index contributed by atoms with van der Waals surface area (Å²) in [7, 11) is 0. The fourth-order valence-electron chi connectivity index (χ4n) is 9.76. The smallest absolute Gasteiger partial charge is 0.306 e. The van der Waals surface area contributed by atoms with Crippen molar-refractivity contribution in [1.82, 2.24) is 0 Å². The lowest BCUT2D eigenvalue weighted by molar-refractivity contribution is -0.167. The number of carbonyl (C=O) groups is 3. The van der Waals surface area contributed by atoms with E-state index >= 15 is 0 Å². The molecule has 0 heterocycles. The van der Waals surface area contributed by atoms with Gasteiger partial charge in [-0.2, -0.15) is 0 Å². The Hall–Kier alpha value is -3.41. The first-order chi connectivity index (χ1) is 39.0. The molecule has 0 aliphatic heterocycles. The predicted molar refractivity (Wildman–Crippen MR) is 344 cm³/mol. The van der Waals surface area contributed by atoms with Crippen LogP contribution in [-0.2, 0) is 28.6 Å². The maximum atomic E-state index is 12.9. The topological polar surface area (TPSA) is 78.9 Å².